The minimum atomic E-state index is -0.292. The lowest BCUT2D eigenvalue weighted by atomic mass is 10.0. The Labute approximate surface area is 174 Å². The summed E-state index contributed by atoms with van der Waals surface area (Å²) in [4.78, 5) is 17.0. The highest BCUT2D eigenvalue weighted by Gasteiger charge is 2.30. The Kier molecular flexibility index (Phi) is 4.82. The van der Waals surface area contributed by atoms with Gasteiger partial charge in [-0.3, -0.25) is 4.90 Å². The summed E-state index contributed by atoms with van der Waals surface area (Å²) in [7, 11) is 0. The minimum absolute atomic E-state index is 0.223. The summed E-state index contributed by atoms with van der Waals surface area (Å²) < 4.78 is 19.4. The van der Waals surface area contributed by atoms with Gasteiger partial charge in [0.25, 0.3) is 0 Å². The number of hydrogen-bond donors (Lipinski definition) is 3. The molecule has 0 aromatic heterocycles. The van der Waals surface area contributed by atoms with Crippen molar-refractivity contribution in [3.8, 4) is 0 Å². The normalized spacial score (nSPS) is 22.6. The number of halogens is 1. The largest absolute Gasteiger partial charge is 0.488 e. The van der Waals surface area contributed by atoms with Crippen molar-refractivity contribution >= 4 is 6.03 Å². The van der Waals surface area contributed by atoms with E-state index in [-0.39, 0.29) is 17.9 Å². The van der Waals surface area contributed by atoms with E-state index in [1.165, 1.54) is 18.6 Å². The third kappa shape index (κ3) is 3.60. The molecule has 0 radical (unpaired) electrons. The standard InChI is InChI=1S/C22H24FN5O2/c23-16-4-1-3-15(13-16)18-5-6-19-21(26-18)28(11-12-30-19)22(29)25-17-7-8-24-20(14-17)27-9-2-10-27/h1,3-7,13-14,18,24,26H,2,8-12H2,(H,25,29). The molecule has 1 aromatic rings. The maximum absolute atomic E-state index is 13.7. The molecule has 1 unspecified atom stereocenters. The second-order valence-electron chi connectivity index (χ2n) is 7.59. The maximum atomic E-state index is 13.7. The van der Waals surface area contributed by atoms with Gasteiger partial charge in [0, 0.05) is 31.4 Å². The summed E-state index contributed by atoms with van der Waals surface area (Å²) in [6.07, 6.45) is 8.88. The van der Waals surface area contributed by atoms with Gasteiger partial charge in [-0.25, -0.2) is 9.18 Å². The van der Waals surface area contributed by atoms with Crippen molar-refractivity contribution < 1.29 is 13.9 Å². The quantitative estimate of drug-likeness (QED) is 0.715. The van der Waals surface area contributed by atoms with Crippen LogP contribution in [-0.4, -0.2) is 48.6 Å². The van der Waals surface area contributed by atoms with Gasteiger partial charge in [-0.15, -0.1) is 0 Å². The molecular weight excluding hydrogens is 385 g/mol. The van der Waals surface area contributed by atoms with Gasteiger partial charge in [0.05, 0.1) is 12.6 Å². The molecule has 1 saturated heterocycles. The van der Waals surface area contributed by atoms with Crippen LogP contribution in [0.4, 0.5) is 9.18 Å². The van der Waals surface area contributed by atoms with Crippen LogP contribution >= 0.6 is 0 Å². The molecule has 3 N–H and O–H groups in total. The topological polar surface area (TPSA) is 68.9 Å². The highest BCUT2D eigenvalue weighted by molar-refractivity contribution is 5.79. The van der Waals surface area contributed by atoms with E-state index in [1.807, 2.05) is 30.4 Å². The molecule has 5 rings (SSSR count). The predicted octanol–water partition coefficient (Wildman–Crippen LogP) is 2.27. The Hall–Kier alpha value is -3.42. The van der Waals surface area contributed by atoms with E-state index in [0.29, 0.717) is 31.3 Å². The van der Waals surface area contributed by atoms with Crippen molar-refractivity contribution in [1.29, 1.82) is 0 Å². The molecule has 4 aliphatic heterocycles. The smallest absolute Gasteiger partial charge is 0.327 e. The number of amides is 2. The van der Waals surface area contributed by atoms with Gasteiger partial charge >= 0.3 is 6.03 Å². The maximum Gasteiger partial charge on any atom is 0.327 e. The molecule has 1 atom stereocenters. The monoisotopic (exact) mass is 409 g/mol. The highest BCUT2D eigenvalue weighted by Crippen LogP contribution is 2.27. The molecule has 8 heteroatoms. The summed E-state index contributed by atoms with van der Waals surface area (Å²) in [5.74, 6) is 1.96. The fourth-order valence-corrected chi connectivity index (χ4v) is 3.87. The van der Waals surface area contributed by atoms with Gasteiger partial charge in [-0.2, -0.15) is 0 Å². The third-order valence-corrected chi connectivity index (χ3v) is 5.61. The lowest BCUT2D eigenvalue weighted by Crippen LogP contribution is -2.49. The minimum Gasteiger partial charge on any atom is -0.488 e. The molecule has 2 amide bonds. The van der Waals surface area contributed by atoms with E-state index in [4.69, 9.17) is 4.74 Å². The number of dihydropyridines is 2. The zero-order chi connectivity index (χ0) is 20.5. The van der Waals surface area contributed by atoms with E-state index in [0.717, 1.165) is 30.2 Å². The van der Waals surface area contributed by atoms with Crippen LogP contribution < -0.4 is 16.0 Å². The van der Waals surface area contributed by atoms with Crippen molar-refractivity contribution in [1.82, 2.24) is 25.8 Å². The van der Waals surface area contributed by atoms with Crippen molar-refractivity contribution in [3.63, 3.8) is 0 Å². The van der Waals surface area contributed by atoms with Gasteiger partial charge in [0.2, 0.25) is 0 Å². The molecule has 0 aliphatic carbocycles. The van der Waals surface area contributed by atoms with E-state index in [9.17, 15) is 9.18 Å². The van der Waals surface area contributed by atoms with E-state index in [2.05, 4.69) is 20.9 Å². The van der Waals surface area contributed by atoms with Crippen molar-refractivity contribution in [2.24, 2.45) is 0 Å². The molecule has 1 aromatic carbocycles. The van der Waals surface area contributed by atoms with Gasteiger partial charge < -0.3 is 25.6 Å². The lowest BCUT2D eigenvalue weighted by molar-refractivity contribution is 0.132. The fraction of sp³-hybridized carbons (Fsp3) is 0.318. The Balaban J connectivity index is 1.31. The van der Waals surface area contributed by atoms with Crippen LogP contribution in [-0.2, 0) is 4.74 Å². The molecule has 7 nitrogen and oxygen atoms in total. The van der Waals surface area contributed by atoms with Crippen LogP contribution in [0.15, 0.2) is 71.7 Å². The summed E-state index contributed by atoms with van der Waals surface area (Å²) in [5.41, 5.74) is 1.56. The fourth-order valence-electron chi connectivity index (χ4n) is 3.87. The molecule has 0 bridgehead atoms. The number of allylic oxidation sites excluding steroid dienone is 2. The zero-order valence-electron chi connectivity index (χ0n) is 16.5. The highest BCUT2D eigenvalue weighted by atomic mass is 19.1. The SMILES string of the molecule is O=C(NC1=CCNC(N2CCC2)=C1)N1CCOC2=C1NC(c1cccc(F)c1)C=C2. The molecule has 156 valence electrons. The van der Waals surface area contributed by atoms with Gasteiger partial charge in [-0.05, 0) is 36.3 Å². The van der Waals surface area contributed by atoms with Gasteiger partial charge in [0.1, 0.15) is 18.2 Å². The number of rotatable bonds is 3. The average Bonchev–Trinajstić information content (AvgIpc) is 2.72. The predicted molar refractivity (Wildman–Crippen MR) is 110 cm³/mol. The van der Waals surface area contributed by atoms with Crippen LogP contribution in [0.1, 0.15) is 18.0 Å². The number of carbonyl (C=O) groups excluding carboxylic acids is 1. The number of nitrogens with zero attached hydrogens (tertiary/aromatic N) is 2. The number of benzene rings is 1. The van der Waals surface area contributed by atoms with E-state index < -0.39 is 0 Å². The molecule has 1 fully saturated rings. The van der Waals surface area contributed by atoms with Gasteiger partial charge in [-0.1, -0.05) is 18.2 Å². The Morgan fingerprint density at radius 3 is 2.97 bits per heavy atom. The third-order valence-electron chi connectivity index (χ3n) is 5.61. The first-order valence-electron chi connectivity index (χ1n) is 10.2. The van der Waals surface area contributed by atoms with E-state index >= 15 is 0 Å². The molecule has 0 saturated carbocycles. The van der Waals surface area contributed by atoms with Crippen LogP contribution in [0.2, 0.25) is 0 Å². The van der Waals surface area contributed by atoms with Crippen LogP contribution in [0.25, 0.3) is 0 Å². The number of ether oxygens (including phenoxy) is 1. The lowest BCUT2D eigenvalue weighted by Gasteiger charge is -2.37. The first kappa shape index (κ1) is 18.6. The van der Waals surface area contributed by atoms with E-state index in [1.54, 1.807) is 11.0 Å². The second kappa shape index (κ2) is 7.78. The van der Waals surface area contributed by atoms with Crippen LogP contribution in [0.3, 0.4) is 0 Å². The number of carbonyl (C=O) groups is 1. The second-order valence-corrected chi connectivity index (χ2v) is 7.59. The Bertz CT molecular complexity index is 979. The summed E-state index contributed by atoms with van der Waals surface area (Å²) >= 11 is 0. The summed E-state index contributed by atoms with van der Waals surface area (Å²) in [6, 6.07) is 5.97. The molecule has 4 aliphatic rings. The summed E-state index contributed by atoms with van der Waals surface area (Å²) in [5, 5.41) is 9.67. The molecule has 0 spiro atoms. The number of likely N-dealkylation sites (tertiary alicyclic amines) is 1. The number of urea groups is 1. The van der Waals surface area contributed by atoms with Crippen molar-refractivity contribution in [2.75, 3.05) is 32.8 Å². The van der Waals surface area contributed by atoms with Crippen LogP contribution in [0, 0.1) is 5.82 Å². The molecule has 4 heterocycles. The van der Waals surface area contributed by atoms with Crippen molar-refractivity contribution in [2.45, 2.75) is 12.5 Å². The Morgan fingerprint density at radius 1 is 1.27 bits per heavy atom. The molecular formula is C22H24FN5O2. The van der Waals surface area contributed by atoms with Crippen LogP contribution in [0.5, 0.6) is 0 Å². The summed E-state index contributed by atoms with van der Waals surface area (Å²) in [6.45, 7) is 3.60. The van der Waals surface area contributed by atoms with Crippen molar-refractivity contribution in [3.05, 3.63) is 83.0 Å². The first-order chi connectivity index (χ1) is 14.7. The first-order valence-corrected chi connectivity index (χ1v) is 10.2. The average molecular weight is 409 g/mol. The number of nitrogens with one attached hydrogen (secondary N) is 3. The number of hydrogen-bond acceptors (Lipinski definition) is 5. The molecule has 30 heavy (non-hydrogen) atoms. The van der Waals surface area contributed by atoms with Gasteiger partial charge in [0.15, 0.2) is 11.6 Å². The Morgan fingerprint density at radius 2 is 2.17 bits per heavy atom. The zero-order valence-corrected chi connectivity index (χ0v) is 16.5.